The molecule has 0 aliphatic carbocycles. The number of piperazine rings is 1. The molecule has 1 aromatic heterocycles. The van der Waals surface area contributed by atoms with Crippen LogP contribution >= 0.6 is 0 Å². The van der Waals surface area contributed by atoms with E-state index in [1.54, 1.807) is 0 Å². The van der Waals surface area contributed by atoms with Gasteiger partial charge in [-0.2, -0.15) is 0 Å². The molecule has 0 radical (unpaired) electrons. The van der Waals surface area contributed by atoms with Crippen molar-refractivity contribution in [2.75, 3.05) is 38.5 Å². The molecule has 2 rings (SSSR count). The average Bonchev–Trinajstić information content (AvgIpc) is 2.40. The van der Waals surface area contributed by atoms with Gasteiger partial charge in [-0.15, -0.1) is 0 Å². The van der Waals surface area contributed by atoms with E-state index in [9.17, 15) is 0 Å². The fourth-order valence-corrected chi connectivity index (χ4v) is 2.77. The zero-order valence-electron chi connectivity index (χ0n) is 13.2. The summed E-state index contributed by atoms with van der Waals surface area (Å²) in [5.41, 5.74) is 1.03. The molecule has 1 fully saturated rings. The summed E-state index contributed by atoms with van der Waals surface area (Å²) >= 11 is 0. The summed E-state index contributed by atoms with van der Waals surface area (Å²) in [5, 5.41) is 3.28. The Bertz CT molecular complexity index is 434. The second-order valence-corrected chi connectivity index (χ2v) is 5.62. The van der Waals surface area contributed by atoms with Crippen molar-refractivity contribution in [2.45, 2.75) is 39.8 Å². The summed E-state index contributed by atoms with van der Waals surface area (Å²) in [6, 6.07) is 2.66. The van der Waals surface area contributed by atoms with Crippen LogP contribution in [0.5, 0.6) is 0 Å². The van der Waals surface area contributed by atoms with Crippen LogP contribution in [-0.2, 0) is 6.54 Å². The number of aromatic nitrogens is 2. The van der Waals surface area contributed by atoms with Crippen molar-refractivity contribution in [1.82, 2.24) is 19.8 Å². The Kier molecular flexibility index (Phi) is 5.31. The lowest BCUT2D eigenvalue weighted by Crippen LogP contribution is -2.50. The molecule has 112 valence electrons. The molecule has 1 atom stereocenters. The van der Waals surface area contributed by atoms with Crippen LogP contribution in [0.25, 0.3) is 0 Å². The Morgan fingerprint density at radius 3 is 2.80 bits per heavy atom. The van der Waals surface area contributed by atoms with Crippen LogP contribution in [0.2, 0.25) is 0 Å². The lowest BCUT2D eigenvalue weighted by molar-refractivity contribution is 0.0866. The van der Waals surface area contributed by atoms with E-state index in [-0.39, 0.29) is 0 Å². The Balaban J connectivity index is 2.02. The Morgan fingerprint density at radius 2 is 2.10 bits per heavy atom. The van der Waals surface area contributed by atoms with Crippen LogP contribution < -0.4 is 5.32 Å². The predicted octanol–water partition coefficient (Wildman–Crippen LogP) is 1.74. The Morgan fingerprint density at radius 1 is 1.30 bits per heavy atom. The molecule has 0 amide bonds. The molecule has 1 aromatic rings. The quantitative estimate of drug-likeness (QED) is 0.888. The number of rotatable bonds is 5. The highest BCUT2D eigenvalue weighted by molar-refractivity contribution is 5.35. The van der Waals surface area contributed by atoms with Crippen molar-refractivity contribution >= 4 is 5.82 Å². The van der Waals surface area contributed by atoms with Crippen LogP contribution in [0.3, 0.4) is 0 Å². The molecular formula is C15H27N5. The number of nitrogens with zero attached hydrogens (tertiary/aromatic N) is 4. The normalized spacial score (nSPS) is 21.1. The minimum atomic E-state index is 0.654. The number of hydrogen-bond acceptors (Lipinski definition) is 5. The van der Waals surface area contributed by atoms with E-state index in [0.29, 0.717) is 6.04 Å². The molecule has 0 saturated carbocycles. The first-order valence-corrected chi connectivity index (χ1v) is 7.63. The molecule has 5 heteroatoms. The minimum Gasteiger partial charge on any atom is -0.370 e. The fraction of sp³-hybridized carbons (Fsp3) is 0.733. The summed E-state index contributed by atoms with van der Waals surface area (Å²) in [6.07, 6.45) is 1.20. The van der Waals surface area contributed by atoms with Crippen molar-refractivity contribution < 1.29 is 0 Å². The highest BCUT2D eigenvalue weighted by atomic mass is 15.3. The zero-order chi connectivity index (χ0) is 14.5. The van der Waals surface area contributed by atoms with Crippen LogP contribution in [0, 0.1) is 6.92 Å². The standard InChI is InChI=1S/C15H27N5/c1-5-13-10-20(8-7-19(13)4)11-15-17-12(3)9-14(18-15)16-6-2/h9,13H,5-8,10-11H2,1-4H3,(H,16,17,18). The van der Waals surface area contributed by atoms with Crippen molar-refractivity contribution in [3.05, 3.63) is 17.6 Å². The number of aryl methyl sites for hydroxylation is 1. The SMILES string of the molecule is CCNc1cc(C)nc(CN2CCN(C)C(CC)C2)n1. The molecule has 20 heavy (non-hydrogen) atoms. The van der Waals surface area contributed by atoms with Gasteiger partial charge in [0, 0.05) is 44.0 Å². The van der Waals surface area contributed by atoms with Gasteiger partial charge in [-0.05, 0) is 27.3 Å². The number of nitrogens with one attached hydrogen (secondary N) is 1. The summed E-state index contributed by atoms with van der Waals surface area (Å²) in [6.45, 7) is 11.5. The van der Waals surface area contributed by atoms with Gasteiger partial charge in [-0.25, -0.2) is 9.97 Å². The van der Waals surface area contributed by atoms with Crippen molar-refractivity contribution in [1.29, 1.82) is 0 Å². The minimum absolute atomic E-state index is 0.654. The van der Waals surface area contributed by atoms with Gasteiger partial charge in [0.2, 0.25) is 0 Å². The van der Waals surface area contributed by atoms with Gasteiger partial charge in [0.05, 0.1) is 6.54 Å². The van der Waals surface area contributed by atoms with Gasteiger partial charge in [0.1, 0.15) is 11.6 Å². The number of hydrogen-bond donors (Lipinski definition) is 1. The predicted molar refractivity (Wildman–Crippen MR) is 82.9 cm³/mol. The van der Waals surface area contributed by atoms with Crippen molar-refractivity contribution in [2.24, 2.45) is 0 Å². The second kappa shape index (κ2) is 6.99. The first kappa shape index (κ1) is 15.2. The van der Waals surface area contributed by atoms with Gasteiger partial charge in [-0.3, -0.25) is 4.90 Å². The van der Waals surface area contributed by atoms with Crippen LogP contribution in [0.4, 0.5) is 5.82 Å². The van der Waals surface area contributed by atoms with E-state index in [0.717, 1.165) is 50.1 Å². The second-order valence-electron chi connectivity index (χ2n) is 5.62. The van der Waals surface area contributed by atoms with Crippen molar-refractivity contribution in [3.63, 3.8) is 0 Å². The molecule has 1 aliphatic heterocycles. The maximum Gasteiger partial charge on any atom is 0.144 e. The fourth-order valence-electron chi connectivity index (χ4n) is 2.77. The summed E-state index contributed by atoms with van der Waals surface area (Å²) in [5.74, 6) is 1.87. The van der Waals surface area contributed by atoms with Gasteiger partial charge in [-0.1, -0.05) is 6.92 Å². The van der Waals surface area contributed by atoms with Crippen LogP contribution in [0.15, 0.2) is 6.07 Å². The van der Waals surface area contributed by atoms with E-state index in [2.05, 4.69) is 46.0 Å². The first-order valence-electron chi connectivity index (χ1n) is 7.63. The Labute approximate surface area is 122 Å². The van der Waals surface area contributed by atoms with Gasteiger partial charge in [0.25, 0.3) is 0 Å². The van der Waals surface area contributed by atoms with Crippen molar-refractivity contribution in [3.8, 4) is 0 Å². The smallest absolute Gasteiger partial charge is 0.144 e. The average molecular weight is 277 g/mol. The highest BCUT2D eigenvalue weighted by Crippen LogP contribution is 2.14. The molecule has 1 unspecified atom stereocenters. The molecule has 1 saturated heterocycles. The lowest BCUT2D eigenvalue weighted by atomic mass is 10.1. The third-order valence-electron chi connectivity index (χ3n) is 3.96. The third kappa shape index (κ3) is 3.90. The van der Waals surface area contributed by atoms with E-state index in [1.165, 1.54) is 6.42 Å². The zero-order valence-corrected chi connectivity index (χ0v) is 13.2. The van der Waals surface area contributed by atoms with Gasteiger partial charge < -0.3 is 10.2 Å². The van der Waals surface area contributed by atoms with E-state index in [4.69, 9.17) is 0 Å². The molecule has 5 nitrogen and oxygen atoms in total. The number of anilines is 1. The molecule has 0 bridgehead atoms. The topological polar surface area (TPSA) is 44.3 Å². The maximum absolute atomic E-state index is 4.61. The molecule has 1 aliphatic rings. The summed E-state index contributed by atoms with van der Waals surface area (Å²) in [4.78, 5) is 14.1. The van der Waals surface area contributed by atoms with E-state index in [1.807, 2.05) is 13.0 Å². The summed E-state index contributed by atoms with van der Waals surface area (Å²) in [7, 11) is 2.22. The highest BCUT2D eigenvalue weighted by Gasteiger charge is 2.23. The number of likely N-dealkylation sites (N-methyl/N-ethyl adjacent to an activating group) is 1. The largest absolute Gasteiger partial charge is 0.370 e. The van der Waals surface area contributed by atoms with E-state index < -0.39 is 0 Å². The molecule has 0 spiro atoms. The molecule has 2 heterocycles. The van der Waals surface area contributed by atoms with Crippen LogP contribution in [0.1, 0.15) is 31.8 Å². The molecular weight excluding hydrogens is 250 g/mol. The summed E-state index contributed by atoms with van der Waals surface area (Å²) < 4.78 is 0. The van der Waals surface area contributed by atoms with E-state index >= 15 is 0 Å². The lowest BCUT2D eigenvalue weighted by Gasteiger charge is -2.38. The monoisotopic (exact) mass is 277 g/mol. The maximum atomic E-state index is 4.61. The van der Waals surface area contributed by atoms with Gasteiger partial charge in [0.15, 0.2) is 0 Å². The molecule has 1 N–H and O–H groups in total. The van der Waals surface area contributed by atoms with Gasteiger partial charge >= 0.3 is 0 Å². The van der Waals surface area contributed by atoms with Crippen LogP contribution in [-0.4, -0.2) is 59.0 Å². The third-order valence-corrected chi connectivity index (χ3v) is 3.96. The first-order chi connectivity index (χ1) is 9.62. The Hall–Kier alpha value is -1.20. The molecule has 0 aromatic carbocycles.